The summed E-state index contributed by atoms with van der Waals surface area (Å²) in [5, 5.41) is 10.5. The smallest absolute Gasteiger partial charge is 0.191 e. The van der Waals surface area contributed by atoms with Crippen molar-refractivity contribution in [3.63, 3.8) is 0 Å². The molecule has 1 rings (SSSR count). The zero-order valence-corrected chi connectivity index (χ0v) is 15.9. The topological polar surface area (TPSA) is 62.5 Å². The third-order valence-corrected chi connectivity index (χ3v) is 3.04. The van der Waals surface area contributed by atoms with E-state index in [1.807, 2.05) is 6.07 Å². The number of guanidine groups is 1. The van der Waals surface area contributed by atoms with E-state index in [1.54, 1.807) is 6.26 Å². The zero-order valence-electron chi connectivity index (χ0n) is 13.6. The van der Waals surface area contributed by atoms with Crippen molar-refractivity contribution in [1.29, 1.82) is 0 Å². The molecule has 1 unspecified atom stereocenters. The van der Waals surface area contributed by atoms with Crippen molar-refractivity contribution in [2.75, 3.05) is 6.54 Å². The molecular weight excluding hydrogens is 379 g/mol. The van der Waals surface area contributed by atoms with Gasteiger partial charge in [-0.25, -0.2) is 4.99 Å². The van der Waals surface area contributed by atoms with Crippen molar-refractivity contribution in [2.45, 2.75) is 59.5 Å². The Labute approximate surface area is 145 Å². The van der Waals surface area contributed by atoms with Crippen molar-refractivity contribution in [3.05, 3.63) is 18.0 Å². The Bertz CT molecular complexity index is 379. The molecule has 1 aromatic rings. The van der Waals surface area contributed by atoms with Gasteiger partial charge in [-0.3, -0.25) is 0 Å². The number of hydrogen-bond donors (Lipinski definition) is 2. The van der Waals surface area contributed by atoms with Crippen LogP contribution in [0.1, 0.15) is 52.7 Å². The second-order valence-electron chi connectivity index (χ2n) is 5.56. The van der Waals surface area contributed by atoms with Crippen LogP contribution in [0.3, 0.4) is 0 Å². The minimum Gasteiger partial charge on any atom is -0.364 e. The summed E-state index contributed by atoms with van der Waals surface area (Å²) in [7, 11) is 0. The van der Waals surface area contributed by atoms with Crippen LogP contribution in [0.2, 0.25) is 0 Å². The van der Waals surface area contributed by atoms with Crippen LogP contribution >= 0.6 is 24.0 Å². The summed E-state index contributed by atoms with van der Waals surface area (Å²) in [6.45, 7) is 10.2. The molecule has 0 bridgehead atoms. The monoisotopic (exact) mass is 408 g/mol. The SMILES string of the molecule is CCNC(=NCc1ccon1)NC(C)CCCC(C)C.I. The lowest BCUT2D eigenvalue weighted by molar-refractivity contribution is 0.412. The van der Waals surface area contributed by atoms with Crippen molar-refractivity contribution in [1.82, 2.24) is 15.8 Å². The van der Waals surface area contributed by atoms with Crippen LogP contribution in [0.25, 0.3) is 0 Å². The first-order chi connectivity index (χ1) is 9.61. The molecule has 1 aromatic heterocycles. The van der Waals surface area contributed by atoms with Gasteiger partial charge in [-0.2, -0.15) is 0 Å². The fraction of sp³-hybridized carbons (Fsp3) is 0.733. The predicted molar refractivity (Wildman–Crippen MR) is 98.0 cm³/mol. The summed E-state index contributed by atoms with van der Waals surface area (Å²) in [6.07, 6.45) is 5.25. The van der Waals surface area contributed by atoms with Gasteiger partial charge in [-0.15, -0.1) is 24.0 Å². The second kappa shape index (κ2) is 11.8. The summed E-state index contributed by atoms with van der Waals surface area (Å²) in [4.78, 5) is 4.51. The van der Waals surface area contributed by atoms with E-state index in [9.17, 15) is 0 Å². The Morgan fingerprint density at radius 2 is 2.10 bits per heavy atom. The lowest BCUT2D eigenvalue weighted by Gasteiger charge is -2.18. The molecule has 0 amide bonds. The standard InChI is InChI=1S/C15H28N4O.HI/c1-5-16-15(17-11-14-9-10-20-19-14)18-13(4)8-6-7-12(2)3;/h9-10,12-13H,5-8,11H2,1-4H3,(H2,16,17,18);1H. The number of hydrogen-bond acceptors (Lipinski definition) is 3. The van der Waals surface area contributed by atoms with E-state index >= 15 is 0 Å². The van der Waals surface area contributed by atoms with Gasteiger partial charge in [-0.05, 0) is 26.2 Å². The van der Waals surface area contributed by atoms with Gasteiger partial charge in [0.25, 0.3) is 0 Å². The largest absolute Gasteiger partial charge is 0.364 e. The minimum absolute atomic E-state index is 0. The molecule has 0 aliphatic carbocycles. The molecule has 0 saturated heterocycles. The van der Waals surface area contributed by atoms with E-state index in [4.69, 9.17) is 4.52 Å². The Hall–Kier alpha value is -0.790. The van der Waals surface area contributed by atoms with Gasteiger partial charge < -0.3 is 15.2 Å². The Morgan fingerprint density at radius 3 is 2.67 bits per heavy atom. The highest BCUT2D eigenvalue weighted by atomic mass is 127. The third-order valence-electron chi connectivity index (χ3n) is 3.04. The first-order valence-corrected chi connectivity index (χ1v) is 7.56. The number of halogens is 1. The van der Waals surface area contributed by atoms with Gasteiger partial charge in [0.2, 0.25) is 0 Å². The molecule has 1 heterocycles. The predicted octanol–water partition coefficient (Wildman–Crippen LogP) is 3.56. The van der Waals surface area contributed by atoms with Crippen LogP contribution in [-0.4, -0.2) is 23.7 Å². The minimum atomic E-state index is 0. The Kier molecular flexibility index (Phi) is 11.4. The quantitative estimate of drug-likeness (QED) is 0.392. The molecule has 0 aliphatic heterocycles. The van der Waals surface area contributed by atoms with Crippen molar-refractivity contribution < 1.29 is 4.52 Å². The van der Waals surface area contributed by atoms with Gasteiger partial charge in [0, 0.05) is 18.7 Å². The average molecular weight is 408 g/mol. The fourth-order valence-corrected chi connectivity index (χ4v) is 1.94. The number of nitrogens with one attached hydrogen (secondary N) is 2. The maximum absolute atomic E-state index is 4.80. The molecule has 122 valence electrons. The molecule has 0 aliphatic rings. The molecule has 21 heavy (non-hydrogen) atoms. The van der Waals surface area contributed by atoms with Crippen LogP contribution < -0.4 is 10.6 Å². The lowest BCUT2D eigenvalue weighted by Crippen LogP contribution is -2.42. The highest BCUT2D eigenvalue weighted by Gasteiger charge is 2.06. The van der Waals surface area contributed by atoms with Gasteiger partial charge >= 0.3 is 0 Å². The number of nitrogens with zero attached hydrogens (tertiary/aromatic N) is 2. The number of rotatable bonds is 8. The number of aliphatic imine (C=N–C) groups is 1. The normalized spacial score (nSPS) is 12.9. The second-order valence-corrected chi connectivity index (χ2v) is 5.56. The molecule has 1 atom stereocenters. The van der Waals surface area contributed by atoms with E-state index in [0.29, 0.717) is 12.6 Å². The van der Waals surface area contributed by atoms with Crippen molar-refractivity contribution in [2.24, 2.45) is 10.9 Å². The van der Waals surface area contributed by atoms with Gasteiger partial charge in [-0.1, -0.05) is 31.8 Å². The molecule has 0 saturated carbocycles. The van der Waals surface area contributed by atoms with E-state index in [-0.39, 0.29) is 24.0 Å². The van der Waals surface area contributed by atoms with Gasteiger partial charge in [0.1, 0.15) is 12.0 Å². The highest BCUT2D eigenvalue weighted by molar-refractivity contribution is 14.0. The van der Waals surface area contributed by atoms with Gasteiger partial charge in [0.05, 0.1) is 6.54 Å². The molecule has 0 radical (unpaired) electrons. The number of aromatic nitrogens is 1. The summed E-state index contributed by atoms with van der Waals surface area (Å²) in [5.41, 5.74) is 0.842. The van der Waals surface area contributed by atoms with E-state index < -0.39 is 0 Å². The maximum Gasteiger partial charge on any atom is 0.191 e. The third kappa shape index (κ3) is 9.71. The lowest BCUT2D eigenvalue weighted by atomic mass is 10.0. The average Bonchev–Trinajstić information content (AvgIpc) is 2.89. The van der Waals surface area contributed by atoms with E-state index in [0.717, 1.165) is 30.5 Å². The first kappa shape index (κ1) is 20.2. The molecule has 0 spiro atoms. The summed E-state index contributed by atoms with van der Waals surface area (Å²) in [5.74, 6) is 1.61. The van der Waals surface area contributed by atoms with Crippen LogP contribution in [0.15, 0.2) is 21.8 Å². The summed E-state index contributed by atoms with van der Waals surface area (Å²) in [6, 6.07) is 2.25. The Morgan fingerprint density at radius 1 is 1.33 bits per heavy atom. The molecule has 0 fully saturated rings. The van der Waals surface area contributed by atoms with Crippen LogP contribution in [0, 0.1) is 5.92 Å². The van der Waals surface area contributed by atoms with E-state index in [2.05, 4.69) is 48.5 Å². The van der Waals surface area contributed by atoms with Crippen LogP contribution in [-0.2, 0) is 6.54 Å². The molecule has 2 N–H and O–H groups in total. The van der Waals surface area contributed by atoms with Crippen molar-refractivity contribution in [3.8, 4) is 0 Å². The van der Waals surface area contributed by atoms with Crippen LogP contribution in [0.4, 0.5) is 0 Å². The first-order valence-electron chi connectivity index (χ1n) is 7.56. The fourth-order valence-electron chi connectivity index (χ4n) is 1.94. The van der Waals surface area contributed by atoms with Gasteiger partial charge in [0.15, 0.2) is 5.96 Å². The van der Waals surface area contributed by atoms with Crippen LogP contribution in [0.5, 0.6) is 0 Å². The van der Waals surface area contributed by atoms with Crippen molar-refractivity contribution >= 4 is 29.9 Å². The zero-order chi connectivity index (χ0) is 14.8. The summed E-state index contributed by atoms with van der Waals surface area (Å²) < 4.78 is 4.80. The maximum atomic E-state index is 4.80. The molecule has 5 nitrogen and oxygen atoms in total. The highest BCUT2D eigenvalue weighted by Crippen LogP contribution is 2.08. The summed E-state index contributed by atoms with van der Waals surface area (Å²) >= 11 is 0. The molecule has 6 heteroatoms. The molecule has 0 aromatic carbocycles. The van der Waals surface area contributed by atoms with E-state index in [1.165, 1.54) is 12.8 Å². The Balaban J connectivity index is 0.00000400. The molecular formula is C15H29IN4O.